The Morgan fingerprint density at radius 3 is 1.47 bits per heavy atom. The summed E-state index contributed by atoms with van der Waals surface area (Å²) in [5, 5.41) is 0. The Bertz CT molecular complexity index is 715. The molecule has 0 atom stereocenters. The Morgan fingerprint density at radius 2 is 1.08 bits per heavy atom. The van der Waals surface area contributed by atoms with Crippen LogP contribution in [-0.4, -0.2) is 25.7 Å². The van der Waals surface area contributed by atoms with Gasteiger partial charge >= 0.3 is 0 Å². The third-order valence-corrected chi connectivity index (χ3v) is 18.9. The van der Waals surface area contributed by atoms with E-state index in [1.54, 1.807) is 11.6 Å². The van der Waals surface area contributed by atoms with Gasteiger partial charge in [-0.2, -0.15) is 0 Å². The lowest BCUT2D eigenvalue weighted by Crippen LogP contribution is -2.32. The summed E-state index contributed by atoms with van der Waals surface area (Å²) < 4.78 is 0. The molecule has 38 heavy (non-hydrogen) atoms. The van der Waals surface area contributed by atoms with Crippen molar-refractivity contribution in [1.82, 2.24) is 0 Å². The van der Waals surface area contributed by atoms with E-state index in [0.29, 0.717) is 11.3 Å². The Morgan fingerprint density at radius 1 is 0.632 bits per heavy atom. The molecule has 0 heterocycles. The molecule has 0 saturated carbocycles. The molecule has 0 aromatic heterocycles. The van der Waals surface area contributed by atoms with E-state index in [1.807, 2.05) is 0 Å². The van der Waals surface area contributed by atoms with E-state index in [1.165, 1.54) is 74.3 Å². The lowest BCUT2D eigenvalue weighted by atomic mass is 9.70. The van der Waals surface area contributed by atoms with Gasteiger partial charge < -0.3 is 0 Å². The minimum atomic E-state index is -1.11. The molecule has 0 aliphatic carbocycles. The molecule has 0 radical (unpaired) electrons. The molecule has 1 aromatic rings. The zero-order valence-electron chi connectivity index (χ0n) is 28.3. The molecule has 0 bridgehead atoms. The van der Waals surface area contributed by atoms with Crippen molar-refractivity contribution in [2.75, 3.05) is 0 Å². The molecule has 222 valence electrons. The molecule has 1 aromatic carbocycles. The summed E-state index contributed by atoms with van der Waals surface area (Å²) in [6.45, 7) is 29.9. The van der Waals surface area contributed by atoms with Crippen LogP contribution in [0, 0.1) is 17.8 Å². The lowest BCUT2D eigenvalue weighted by Gasteiger charge is -2.38. The first-order valence-corrected chi connectivity index (χ1v) is 25.5. The van der Waals surface area contributed by atoms with Gasteiger partial charge in [0.25, 0.3) is 0 Å². The van der Waals surface area contributed by atoms with Crippen LogP contribution in [0.15, 0.2) is 24.3 Å². The van der Waals surface area contributed by atoms with Gasteiger partial charge in [-0.15, -0.1) is 0 Å². The van der Waals surface area contributed by atoms with E-state index in [-0.39, 0.29) is 9.52 Å². The largest absolute Gasteiger partial charge is 0.0693 e. The standard InChI is InChI=1S/C35H70Si3/c1-29(2)26-36-23-13-20-35(21-14-24-37(9,10)27-30(3)4,22-15-25-38(11,12)28-31(5)6)34-18-16-33(17-19-34)32(7)8/h16-19,29-32H,13-15,20-28,36H2,1-12H3. The van der Waals surface area contributed by atoms with Gasteiger partial charge in [0.15, 0.2) is 0 Å². The number of benzene rings is 1. The van der Waals surface area contributed by atoms with Crippen molar-refractivity contribution < 1.29 is 0 Å². The molecule has 3 heteroatoms. The van der Waals surface area contributed by atoms with Gasteiger partial charge in [-0.3, -0.25) is 0 Å². The highest BCUT2D eigenvalue weighted by Gasteiger charge is 2.33. The molecule has 0 saturated heterocycles. The molecule has 1 rings (SSSR count). The third-order valence-electron chi connectivity index (χ3n) is 9.07. The van der Waals surface area contributed by atoms with Gasteiger partial charge in [-0.1, -0.05) is 167 Å². The maximum absolute atomic E-state index is 2.66. The monoisotopic (exact) mass is 574 g/mol. The van der Waals surface area contributed by atoms with Crippen molar-refractivity contribution in [3.8, 4) is 0 Å². The topological polar surface area (TPSA) is 0 Å². The van der Waals surface area contributed by atoms with Gasteiger partial charge in [0.05, 0.1) is 0 Å². The SMILES string of the molecule is CC(C)C[SiH2]CCCC(CCC[Si](C)(C)CC(C)C)(CCC[Si](C)(C)CC(C)C)c1ccc(C(C)C)cc1. The molecule has 0 nitrogen and oxygen atoms in total. The predicted molar refractivity (Wildman–Crippen MR) is 187 cm³/mol. The van der Waals surface area contributed by atoms with Crippen LogP contribution >= 0.6 is 0 Å². The quantitative estimate of drug-likeness (QED) is 0.107. The van der Waals surface area contributed by atoms with E-state index in [4.69, 9.17) is 0 Å². The zero-order chi connectivity index (χ0) is 29.0. The molecule has 0 spiro atoms. The summed E-state index contributed by atoms with van der Waals surface area (Å²) in [4.78, 5) is 0. The van der Waals surface area contributed by atoms with E-state index < -0.39 is 16.1 Å². The molecule has 0 unspecified atom stereocenters. The molecule has 0 amide bonds. The highest BCUT2D eigenvalue weighted by Crippen LogP contribution is 2.42. The Balaban J connectivity index is 3.20. The van der Waals surface area contributed by atoms with Gasteiger partial charge in [0.2, 0.25) is 0 Å². The third kappa shape index (κ3) is 14.5. The molecular formula is C35H70Si3. The van der Waals surface area contributed by atoms with E-state index >= 15 is 0 Å². The van der Waals surface area contributed by atoms with Crippen molar-refractivity contribution in [3.63, 3.8) is 0 Å². The second-order valence-electron chi connectivity index (χ2n) is 16.3. The summed E-state index contributed by atoms with van der Waals surface area (Å²) >= 11 is 0. The second kappa shape index (κ2) is 17.0. The summed E-state index contributed by atoms with van der Waals surface area (Å²) in [5.41, 5.74) is 3.58. The van der Waals surface area contributed by atoms with Crippen LogP contribution in [0.5, 0.6) is 0 Å². The number of rotatable bonds is 20. The van der Waals surface area contributed by atoms with Gasteiger partial charge in [-0.25, -0.2) is 0 Å². The smallest absolute Gasteiger partial charge is 0.0476 e. The zero-order valence-corrected chi connectivity index (χ0v) is 31.7. The summed E-state index contributed by atoms with van der Waals surface area (Å²) in [6.07, 6.45) is 8.60. The highest BCUT2D eigenvalue weighted by atomic mass is 28.3. The fraction of sp³-hybridized carbons (Fsp3) is 0.829. The van der Waals surface area contributed by atoms with Crippen molar-refractivity contribution in [3.05, 3.63) is 35.4 Å². The fourth-order valence-corrected chi connectivity index (χ4v) is 16.3. The maximum Gasteiger partial charge on any atom is 0.0476 e. The first kappa shape index (κ1) is 35.9. The minimum absolute atomic E-state index is 0.103. The van der Waals surface area contributed by atoms with Crippen LogP contribution in [-0.2, 0) is 5.41 Å². The molecule has 0 aliphatic rings. The predicted octanol–water partition coefficient (Wildman–Crippen LogP) is 11.8. The summed E-state index contributed by atoms with van der Waals surface area (Å²) in [5.74, 6) is 3.22. The highest BCUT2D eigenvalue weighted by molar-refractivity contribution is 6.77. The second-order valence-corrected chi connectivity index (χ2v) is 28.7. The Hall–Kier alpha value is -0.129. The first-order chi connectivity index (χ1) is 17.6. The van der Waals surface area contributed by atoms with Crippen LogP contribution in [0.1, 0.15) is 111 Å². The number of hydrogen-bond acceptors (Lipinski definition) is 0. The van der Waals surface area contributed by atoms with Crippen LogP contribution in [0.3, 0.4) is 0 Å². The van der Waals surface area contributed by atoms with Gasteiger partial charge in [0, 0.05) is 25.7 Å². The summed E-state index contributed by atoms with van der Waals surface area (Å²) in [6, 6.07) is 19.1. The van der Waals surface area contributed by atoms with E-state index in [2.05, 4.69) is 106 Å². The molecular weight excluding hydrogens is 505 g/mol. The first-order valence-electron chi connectivity index (χ1n) is 16.7. The van der Waals surface area contributed by atoms with E-state index in [0.717, 1.165) is 17.8 Å². The summed E-state index contributed by atoms with van der Waals surface area (Å²) in [7, 11) is -2.12. The molecule has 0 N–H and O–H groups in total. The fourth-order valence-electron chi connectivity index (χ4n) is 7.45. The van der Waals surface area contributed by atoms with E-state index in [9.17, 15) is 0 Å². The van der Waals surface area contributed by atoms with Crippen molar-refractivity contribution in [2.24, 2.45) is 17.8 Å². The van der Waals surface area contributed by atoms with Crippen LogP contribution in [0.2, 0.25) is 62.5 Å². The van der Waals surface area contributed by atoms with Crippen molar-refractivity contribution >= 4 is 25.7 Å². The molecule has 0 fully saturated rings. The maximum atomic E-state index is 2.66. The average molecular weight is 575 g/mol. The van der Waals surface area contributed by atoms with Crippen molar-refractivity contribution in [1.29, 1.82) is 0 Å². The Kier molecular flexibility index (Phi) is 16.0. The Labute approximate surface area is 245 Å². The van der Waals surface area contributed by atoms with Crippen molar-refractivity contribution in [2.45, 2.75) is 168 Å². The van der Waals surface area contributed by atoms with Gasteiger partial charge in [-0.05, 0) is 53.6 Å². The average Bonchev–Trinajstić information content (AvgIpc) is 2.76. The van der Waals surface area contributed by atoms with Crippen LogP contribution < -0.4 is 0 Å². The van der Waals surface area contributed by atoms with Crippen LogP contribution in [0.4, 0.5) is 0 Å². The molecule has 0 aliphatic heterocycles. The van der Waals surface area contributed by atoms with Gasteiger partial charge in [0.1, 0.15) is 0 Å². The lowest BCUT2D eigenvalue weighted by molar-refractivity contribution is 0.325. The normalized spacial score (nSPS) is 13.8. The minimum Gasteiger partial charge on any atom is -0.0693 e. The van der Waals surface area contributed by atoms with Crippen LogP contribution in [0.25, 0.3) is 0 Å². The number of hydrogen-bond donors (Lipinski definition) is 0.